The van der Waals surface area contributed by atoms with E-state index in [0.717, 1.165) is 0 Å². The van der Waals surface area contributed by atoms with Gasteiger partial charge in [-0.05, 0) is 48.0 Å². The van der Waals surface area contributed by atoms with Gasteiger partial charge in [-0.25, -0.2) is 4.79 Å². The maximum Gasteiger partial charge on any atom is 0.360 e. The number of halogens is 1. The Morgan fingerprint density at radius 2 is 1.57 bits per heavy atom. The van der Waals surface area contributed by atoms with E-state index in [1.165, 1.54) is 36.4 Å². The summed E-state index contributed by atoms with van der Waals surface area (Å²) in [5, 5.41) is 36.8. The lowest BCUT2D eigenvalue weighted by Crippen LogP contribution is -2.20. The van der Waals surface area contributed by atoms with Crippen LogP contribution in [0, 0.1) is 20.2 Å². The van der Waals surface area contributed by atoms with Gasteiger partial charge in [-0.3, -0.25) is 25.0 Å². The first-order valence-corrected chi connectivity index (χ1v) is 11.1. The fraction of sp³-hybridized carbons (Fsp3) is 0.0400. The summed E-state index contributed by atoms with van der Waals surface area (Å²) in [6.07, 6.45) is 0.0935. The zero-order valence-corrected chi connectivity index (χ0v) is 19.3. The number of nitro benzene ring substituents is 2. The number of carbonyl (C=O) groups excluding carboxylic acids is 1. The molecule has 1 aliphatic rings. The summed E-state index contributed by atoms with van der Waals surface area (Å²) in [7, 11) is 0. The lowest BCUT2D eigenvalue weighted by molar-refractivity contribution is -0.421. The molecule has 37 heavy (non-hydrogen) atoms. The van der Waals surface area contributed by atoms with E-state index in [9.17, 15) is 34.9 Å². The van der Waals surface area contributed by atoms with Crippen LogP contribution in [0.3, 0.4) is 0 Å². The SMILES string of the molecule is O=C(Nc1ccc(Cl)cc1)c1c([N+](=O)[O-])c([N+](=O)[O-])c2c3c(ccc2c1C(=O)O)Oc1ccccc1C3. The highest BCUT2D eigenvalue weighted by atomic mass is 35.5. The van der Waals surface area contributed by atoms with Crippen molar-refractivity contribution in [3.8, 4) is 11.5 Å². The van der Waals surface area contributed by atoms with Crippen molar-refractivity contribution in [2.75, 3.05) is 5.32 Å². The van der Waals surface area contributed by atoms with E-state index in [1.54, 1.807) is 24.3 Å². The third-order valence-electron chi connectivity index (χ3n) is 5.96. The zero-order chi connectivity index (χ0) is 26.4. The summed E-state index contributed by atoms with van der Waals surface area (Å²) >= 11 is 5.84. The molecule has 0 radical (unpaired) electrons. The highest BCUT2D eigenvalue weighted by Gasteiger charge is 2.42. The normalized spacial score (nSPS) is 11.7. The molecular formula is C25H14ClN3O8. The summed E-state index contributed by atoms with van der Waals surface area (Å²) in [6, 6.07) is 15.3. The Balaban J connectivity index is 1.84. The van der Waals surface area contributed by atoms with E-state index in [1.807, 2.05) is 0 Å². The molecule has 2 N–H and O–H groups in total. The molecule has 0 unspecified atom stereocenters. The second-order valence-electron chi connectivity index (χ2n) is 8.08. The second kappa shape index (κ2) is 8.88. The van der Waals surface area contributed by atoms with E-state index >= 15 is 0 Å². The van der Waals surface area contributed by atoms with Crippen molar-refractivity contribution in [2.24, 2.45) is 0 Å². The molecule has 4 aromatic rings. The van der Waals surface area contributed by atoms with Crippen LogP contribution in [0.5, 0.6) is 11.5 Å². The van der Waals surface area contributed by atoms with Crippen molar-refractivity contribution in [3.63, 3.8) is 0 Å². The van der Waals surface area contributed by atoms with Crippen LogP contribution in [-0.2, 0) is 6.42 Å². The number of amides is 1. The fourth-order valence-electron chi connectivity index (χ4n) is 4.45. The zero-order valence-electron chi connectivity index (χ0n) is 18.6. The summed E-state index contributed by atoms with van der Waals surface area (Å²) in [6.45, 7) is 0. The smallest absolute Gasteiger partial charge is 0.360 e. The minimum absolute atomic E-state index is 0.0935. The Morgan fingerprint density at radius 3 is 2.22 bits per heavy atom. The Hall–Kier alpha value is -5.03. The molecule has 0 fully saturated rings. The van der Waals surface area contributed by atoms with Crippen LogP contribution in [-0.4, -0.2) is 26.8 Å². The maximum absolute atomic E-state index is 13.3. The molecule has 11 nitrogen and oxygen atoms in total. The number of benzene rings is 4. The first-order valence-electron chi connectivity index (χ1n) is 10.7. The van der Waals surface area contributed by atoms with Gasteiger partial charge in [0.05, 0.1) is 20.8 Å². The topological polar surface area (TPSA) is 162 Å². The Labute approximate surface area is 212 Å². The molecule has 0 atom stereocenters. The molecule has 0 aromatic heterocycles. The summed E-state index contributed by atoms with van der Waals surface area (Å²) in [5.41, 5.74) is -2.89. The number of hydrogen-bond acceptors (Lipinski definition) is 7. The van der Waals surface area contributed by atoms with Gasteiger partial charge in [0.1, 0.15) is 17.1 Å². The third-order valence-corrected chi connectivity index (χ3v) is 6.21. The highest BCUT2D eigenvalue weighted by Crippen LogP contribution is 2.48. The molecule has 0 saturated heterocycles. The molecule has 0 saturated carbocycles. The number of hydrogen-bond donors (Lipinski definition) is 2. The second-order valence-corrected chi connectivity index (χ2v) is 8.52. The quantitative estimate of drug-likeness (QED) is 0.212. The Morgan fingerprint density at radius 1 is 0.892 bits per heavy atom. The largest absolute Gasteiger partial charge is 0.478 e. The minimum Gasteiger partial charge on any atom is -0.478 e. The lowest BCUT2D eigenvalue weighted by atomic mass is 9.88. The van der Waals surface area contributed by atoms with E-state index in [2.05, 4.69) is 5.32 Å². The number of nitrogens with zero attached hydrogens (tertiary/aromatic N) is 2. The molecule has 5 rings (SSSR count). The first kappa shape index (κ1) is 23.7. The van der Waals surface area contributed by atoms with Gasteiger partial charge in [0.2, 0.25) is 0 Å². The van der Waals surface area contributed by atoms with Crippen molar-refractivity contribution < 1.29 is 29.3 Å². The van der Waals surface area contributed by atoms with Crippen LogP contribution in [0.25, 0.3) is 10.8 Å². The van der Waals surface area contributed by atoms with Gasteiger partial charge in [0, 0.05) is 28.1 Å². The molecule has 4 aromatic carbocycles. The number of rotatable bonds is 5. The van der Waals surface area contributed by atoms with Crippen molar-refractivity contribution >= 4 is 51.3 Å². The molecule has 12 heteroatoms. The molecular weight excluding hydrogens is 506 g/mol. The molecule has 1 aliphatic heterocycles. The maximum atomic E-state index is 13.3. The lowest BCUT2D eigenvalue weighted by Gasteiger charge is -2.22. The minimum atomic E-state index is -1.67. The predicted molar refractivity (Wildman–Crippen MR) is 133 cm³/mol. The van der Waals surface area contributed by atoms with Crippen LogP contribution >= 0.6 is 11.6 Å². The van der Waals surface area contributed by atoms with Crippen molar-refractivity contribution in [1.82, 2.24) is 0 Å². The van der Waals surface area contributed by atoms with Gasteiger partial charge in [-0.1, -0.05) is 29.8 Å². The Bertz CT molecular complexity index is 1670. The van der Waals surface area contributed by atoms with E-state index in [4.69, 9.17) is 16.3 Å². The average molecular weight is 520 g/mol. The van der Waals surface area contributed by atoms with Gasteiger partial charge < -0.3 is 15.2 Å². The monoisotopic (exact) mass is 519 g/mol. The molecule has 0 bridgehead atoms. The van der Waals surface area contributed by atoms with Crippen LogP contribution in [0.1, 0.15) is 31.8 Å². The number of carbonyl (C=O) groups is 2. The van der Waals surface area contributed by atoms with Gasteiger partial charge in [-0.2, -0.15) is 0 Å². The molecule has 0 spiro atoms. The third kappa shape index (κ3) is 3.96. The highest BCUT2D eigenvalue weighted by molar-refractivity contribution is 6.30. The van der Waals surface area contributed by atoms with Gasteiger partial charge in [-0.15, -0.1) is 0 Å². The standard InChI is InChI=1S/C25H14ClN3O8/c26-13-5-7-14(8-6-13)27-24(30)21-20(25(31)32)15-9-10-18-16(11-12-3-1-2-4-17(12)37-18)19(15)22(28(33)34)23(21)29(35)36/h1-10H,11H2,(H,27,30)(H,31,32). The van der Waals surface area contributed by atoms with Crippen LogP contribution < -0.4 is 10.1 Å². The molecule has 1 heterocycles. The summed E-state index contributed by atoms with van der Waals surface area (Å²) < 4.78 is 5.86. The molecule has 1 amide bonds. The van der Waals surface area contributed by atoms with Crippen molar-refractivity contribution in [2.45, 2.75) is 6.42 Å². The van der Waals surface area contributed by atoms with Crippen LogP contribution in [0.4, 0.5) is 17.1 Å². The number of para-hydroxylation sites is 1. The number of fused-ring (bicyclic) bond motifs is 4. The predicted octanol–water partition coefficient (Wildman–Crippen LogP) is 5.96. The number of anilines is 1. The molecule has 184 valence electrons. The van der Waals surface area contributed by atoms with Gasteiger partial charge >= 0.3 is 17.3 Å². The summed E-state index contributed by atoms with van der Waals surface area (Å²) in [5.74, 6) is -2.17. The van der Waals surface area contributed by atoms with Crippen LogP contribution in [0.2, 0.25) is 5.02 Å². The van der Waals surface area contributed by atoms with E-state index in [0.29, 0.717) is 16.3 Å². The molecule has 0 aliphatic carbocycles. The number of nitro groups is 2. The van der Waals surface area contributed by atoms with E-state index in [-0.39, 0.29) is 34.2 Å². The van der Waals surface area contributed by atoms with Gasteiger partial charge in [0.25, 0.3) is 5.91 Å². The summed E-state index contributed by atoms with van der Waals surface area (Å²) in [4.78, 5) is 48.1. The van der Waals surface area contributed by atoms with Crippen molar-refractivity contribution in [1.29, 1.82) is 0 Å². The van der Waals surface area contributed by atoms with Crippen LogP contribution in [0.15, 0.2) is 60.7 Å². The number of ether oxygens (including phenoxy) is 1. The van der Waals surface area contributed by atoms with Crippen molar-refractivity contribution in [3.05, 3.63) is 108 Å². The number of nitrogens with one attached hydrogen (secondary N) is 1. The Kier molecular flexibility index (Phi) is 5.69. The first-order chi connectivity index (χ1) is 17.7. The number of aromatic carboxylic acids is 1. The average Bonchev–Trinajstić information content (AvgIpc) is 2.86. The number of carboxylic acid groups (broad SMARTS) is 1. The fourth-order valence-corrected chi connectivity index (χ4v) is 4.58. The van der Waals surface area contributed by atoms with Gasteiger partial charge in [0.15, 0.2) is 0 Å². The number of carboxylic acids is 1. The van der Waals surface area contributed by atoms with E-state index < -0.39 is 44.2 Å².